The smallest absolute Gasteiger partial charge is 0.287 e. The Morgan fingerprint density at radius 3 is 2.96 bits per heavy atom. The predicted molar refractivity (Wildman–Crippen MR) is 93.6 cm³/mol. The van der Waals surface area contributed by atoms with Crippen LogP contribution in [0.5, 0.6) is 5.75 Å². The van der Waals surface area contributed by atoms with Gasteiger partial charge in [-0.1, -0.05) is 6.07 Å². The minimum atomic E-state index is -0.228. The number of pyridine rings is 1. The maximum absolute atomic E-state index is 11.9. The van der Waals surface area contributed by atoms with Gasteiger partial charge in [0.15, 0.2) is 5.76 Å². The van der Waals surface area contributed by atoms with Gasteiger partial charge in [-0.15, -0.1) is 0 Å². The monoisotopic (exact) mass is 334 g/mol. The molecule has 5 nitrogen and oxygen atoms in total. The molecule has 0 unspecified atom stereocenters. The van der Waals surface area contributed by atoms with Gasteiger partial charge in [0, 0.05) is 18.2 Å². The second-order valence-electron chi connectivity index (χ2n) is 6.17. The third-order valence-electron chi connectivity index (χ3n) is 4.24. The zero-order valence-electron chi connectivity index (χ0n) is 13.9. The van der Waals surface area contributed by atoms with E-state index in [1.807, 2.05) is 31.3 Å². The first-order valence-electron chi connectivity index (χ1n) is 8.23. The summed E-state index contributed by atoms with van der Waals surface area (Å²) in [5.41, 5.74) is 4.29. The summed E-state index contributed by atoms with van der Waals surface area (Å²) in [4.78, 5) is 16.4. The molecule has 0 bridgehead atoms. The maximum Gasteiger partial charge on any atom is 0.287 e. The summed E-state index contributed by atoms with van der Waals surface area (Å²) in [6.45, 7) is 2.46. The fourth-order valence-corrected chi connectivity index (χ4v) is 2.93. The summed E-state index contributed by atoms with van der Waals surface area (Å²) in [5.74, 6) is 0.949. The van der Waals surface area contributed by atoms with E-state index in [9.17, 15) is 4.79 Å². The normalized spacial score (nSPS) is 15.5. The molecule has 0 fully saturated rings. The Balaban J connectivity index is 1.42. The van der Waals surface area contributed by atoms with Crippen LogP contribution in [0.2, 0.25) is 0 Å². The molecule has 0 spiro atoms. The molecular weight excluding hydrogens is 316 g/mol. The standard InChI is InChI=1S/C20H18N2O3/c1-13-4-6-17(21-11-13)14-5-7-18-15(9-14)10-16(25-18)12-22-20(23)19-3-2-8-24-19/h2-9,11,16H,10,12H2,1H3,(H,22,23)/t16-/m1/s1. The molecule has 0 aliphatic carbocycles. The molecule has 2 aromatic heterocycles. The van der Waals surface area contributed by atoms with Crippen molar-refractivity contribution in [2.75, 3.05) is 6.54 Å². The van der Waals surface area contributed by atoms with Crippen LogP contribution in [-0.2, 0) is 6.42 Å². The Morgan fingerprint density at radius 1 is 1.28 bits per heavy atom. The first kappa shape index (κ1) is 15.4. The molecule has 25 heavy (non-hydrogen) atoms. The molecule has 126 valence electrons. The number of carbonyl (C=O) groups is 1. The van der Waals surface area contributed by atoms with Crippen molar-refractivity contribution < 1.29 is 13.9 Å². The van der Waals surface area contributed by atoms with E-state index >= 15 is 0 Å². The number of carbonyl (C=O) groups excluding carboxylic acids is 1. The molecule has 3 aromatic rings. The van der Waals surface area contributed by atoms with E-state index in [2.05, 4.69) is 22.4 Å². The van der Waals surface area contributed by atoms with Gasteiger partial charge in [0.1, 0.15) is 11.9 Å². The zero-order valence-corrected chi connectivity index (χ0v) is 13.9. The fraction of sp³-hybridized carbons (Fsp3) is 0.200. The Labute approximate surface area is 145 Å². The number of nitrogens with one attached hydrogen (secondary N) is 1. The Morgan fingerprint density at radius 2 is 2.20 bits per heavy atom. The van der Waals surface area contributed by atoms with Gasteiger partial charge in [-0.3, -0.25) is 9.78 Å². The molecular formula is C20H18N2O3. The van der Waals surface area contributed by atoms with Crippen molar-refractivity contribution in [1.82, 2.24) is 10.3 Å². The number of furan rings is 1. The van der Waals surface area contributed by atoms with Crippen molar-refractivity contribution in [2.45, 2.75) is 19.4 Å². The summed E-state index contributed by atoms with van der Waals surface area (Å²) in [5, 5.41) is 2.84. The Kier molecular flexibility index (Phi) is 3.98. The van der Waals surface area contributed by atoms with E-state index in [0.29, 0.717) is 12.3 Å². The van der Waals surface area contributed by atoms with E-state index in [1.54, 1.807) is 12.1 Å². The topological polar surface area (TPSA) is 64.4 Å². The summed E-state index contributed by atoms with van der Waals surface area (Å²) in [7, 11) is 0. The van der Waals surface area contributed by atoms with E-state index in [1.165, 1.54) is 6.26 Å². The summed E-state index contributed by atoms with van der Waals surface area (Å²) < 4.78 is 11.0. The number of amides is 1. The number of ether oxygens (including phenoxy) is 1. The SMILES string of the molecule is Cc1ccc(-c2ccc3c(c2)C[C@H](CNC(=O)c2ccco2)O3)nc1. The highest BCUT2D eigenvalue weighted by Gasteiger charge is 2.24. The van der Waals surface area contributed by atoms with Crippen molar-refractivity contribution in [3.05, 3.63) is 71.8 Å². The minimum Gasteiger partial charge on any atom is -0.488 e. The van der Waals surface area contributed by atoms with Crippen LogP contribution in [0.25, 0.3) is 11.3 Å². The van der Waals surface area contributed by atoms with E-state index in [-0.39, 0.29) is 12.0 Å². The molecule has 5 heteroatoms. The summed E-state index contributed by atoms with van der Waals surface area (Å²) >= 11 is 0. The quantitative estimate of drug-likeness (QED) is 0.794. The summed E-state index contributed by atoms with van der Waals surface area (Å²) in [6, 6.07) is 13.5. The van der Waals surface area contributed by atoms with Crippen LogP contribution in [0.1, 0.15) is 21.7 Å². The van der Waals surface area contributed by atoms with Crippen molar-refractivity contribution in [3.8, 4) is 17.0 Å². The second kappa shape index (κ2) is 6.43. The van der Waals surface area contributed by atoms with Crippen LogP contribution in [-0.4, -0.2) is 23.5 Å². The number of aromatic nitrogens is 1. The second-order valence-corrected chi connectivity index (χ2v) is 6.17. The third-order valence-corrected chi connectivity index (χ3v) is 4.24. The molecule has 1 aromatic carbocycles. The number of hydrogen-bond donors (Lipinski definition) is 1. The highest BCUT2D eigenvalue weighted by Crippen LogP contribution is 2.32. The lowest BCUT2D eigenvalue weighted by Gasteiger charge is -2.11. The van der Waals surface area contributed by atoms with Crippen LogP contribution in [0.15, 0.2) is 59.3 Å². The number of benzene rings is 1. The van der Waals surface area contributed by atoms with Crippen LogP contribution in [0, 0.1) is 6.92 Å². The van der Waals surface area contributed by atoms with Gasteiger partial charge in [-0.2, -0.15) is 0 Å². The molecule has 0 radical (unpaired) electrons. The first-order chi connectivity index (χ1) is 12.2. The van der Waals surface area contributed by atoms with E-state index in [0.717, 1.165) is 34.6 Å². The fourth-order valence-electron chi connectivity index (χ4n) is 2.93. The van der Waals surface area contributed by atoms with Crippen LogP contribution in [0.4, 0.5) is 0 Å². The lowest BCUT2D eigenvalue weighted by atomic mass is 10.0. The van der Waals surface area contributed by atoms with Gasteiger partial charge in [-0.05, 0) is 54.4 Å². The Hall–Kier alpha value is -3.08. The average Bonchev–Trinajstić information content (AvgIpc) is 3.29. The van der Waals surface area contributed by atoms with Gasteiger partial charge >= 0.3 is 0 Å². The van der Waals surface area contributed by atoms with E-state index in [4.69, 9.17) is 9.15 Å². The first-order valence-corrected chi connectivity index (χ1v) is 8.23. The third kappa shape index (κ3) is 3.26. The molecule has 1 amide bonds. The van der Waals surface area contributed by atoms with Crippen LogP contribution >= 0.6 is 0 Å². The van der Waals surface area contributed by atoms with E-state index < -0.39 is 0 Å². The van der Waals surface area contributed by atoms with Gasteiger partial charge in [0.25, 0.3) is 5.91 Å². The molecule has 4 rings (SSSR count). The van der Waals surface area contributed by atoms with Crippen LogP contribution < -0.4 is 10.1 Å². The minimum absolute atomic E-state index is 0.0739. The molecule has 1 atom stereocenters. The number of fused-ring (bicyclic) bond motifs is 1. The number of aryl methyl sites for hydroxylation is 1. The number of hydrogen-bond acceptors (Lipinski definition) is 4. The highest BCUT2D eigenvalue weighted by atomic mass is 16.5. The molecule has 0 saturated heterocycles. The zero-order chi connectivity index (χ0) is 17.2. The maximum atomic E-state index is 11.9. The average molecular weight is 334 g/mol. The molecule has 0 saturated carbocycles. The molecule has 3 heterocycles. The Bertz CT molecular complexity index is 886. The lowest BCUT2D eigenvalue weighted by molar-refractivity contribution is 0.0906. The number of rotatable bonds is 4. The van der Waals surface area contributed by atoms with Crippen LogP contribution in [0.3, 0.4) is 0 Å². The van der Waals surface area contributed by atoms with Crippen molar-refractivity contribution >= 4 is 5.91 Å². The largest absolute Gasteiger partial charge is 0.488 e. The van der Waals surface area contributed by atoms with Gasteiger partial charge in [0.2, 0.25) is 0 Å². The van der Waals surface area contributed by atoms with Crippen molar-refractivity contribution in [3.63, 3.8) is 0 Å². The van der Waals surface area contributed by atoms with Gasteiger partial charge in [-0.25, -0.2) is 0 Å². The summed E-state index contributed by atoms with van der Waals surface area (Å²) in [6.07, 6.45) is 4.03. The van der Waals surface area contributed by atoms with Crippen molar-refractivity contribution in [2.24, 2.45) is 0 Å². The number of nitrogens with zero attached hydrogens (tertiary/aromatic N) is 1. The van der Waals surface area contributed by atoms with Gasteiger partial charge < -0.3 is 14.5 Å². The van der Waals surface area contributed by atoms with Crippen molar-refractivity contribution in [1.29, 1.82) is 0 Å². The molecule has 1 N–H and O–H groups in total. The predicted octanol–water partition coefficient (Wildman–Crippen LogP) is 3.38. The lowest BCUT2D eigenvalue weighted by Crippen LogP contribution is -2.34. The molecule has 1 aliphatic heterocycles. The highest BCUT2D eigenvalue weighted by molar-refractivity contribution is 5.91. The van der Waals surface area contributed by atoms with Gasteiger partial charge in [0.05, 0.1) is 18.5 Å². The molecule has 1 aliphatic rings.